The van der Waals surface area contributed by atoms with Gasteiger partial charge >= 0.3 is 6.03 Å². The van der Waals surface area contributed by atoms with E-state index in [1.165, 1.54) is 0 Å². The lowest BCUT2D eigenvalue weighted by molar-refractivity contribution is 0.134. The zero-order chi connectivity index (χ0) is 14.1. The van der Waals surface area contributed by atoms with Gasteiger partial charge in [-0.25, -0.2) is 4.79 Å². The molecule has 19 heavy (non-hydrogen) atoms. The molecule has 106 valence electrons. The summed E-state index contributed by atoms with van der Waals surface area (Å²) in [5, 5.41) is 2.92. The van der Waals surface area contributed by atoms with Gasteiger partial charge in [0.05, 0.1) is 6.61 Å². The van der Waals surface area contributed by atoms with Crippen LogP contribution in [0.2, 0.25) is 0 Å². The van der Waals surface area contributed by atoms with E-state index in [-0.39, 0.29) is 6.03 Å². The van der Waals surface area contributed by atoms with Crippen molar-refractivity contribution in [3.8, 4) is 0 Å². The molecule has 0 spiro atoms. The summed E-state index contributed by atoms with van der Waals surface area (Å²) in [6.45, 7) is 9.33. The Morgan fingerprint density at radius 2 is 1.68 bits per heavy atom. The molecule has 1 rings (SSSR count). The average Bonchev–Trinajstić information content (AvgIpc) is 2.45. The van der Waals surface area contributed by atoms with E-state index in [0.717, 1.165) is 30.8 Å². The number of nitrogens with zero attached hydrogens (tertiary/aromatic N) is 1. The number of hydrogen-bond acceptors (Lipinski definition) is 2. The zero-order valence-electron chi connectivity index (χ0n) is 12.1. The smallest absolute Gasteiger partial charge is 0.317 e. The van der Waals surface area contributed by atoms with Gasteiger partial charge in [-0.05, 0) is 31.9 Å². The average molecular weight is 264 g/mol. The van der Waals surface area contributed by atoms with Crippen molar-refractivity contribution in [3.05, 3.63) is 35.4 Å². The summed E-state index contributed by atoms with van der Waals surface area (Å²) in [6.07, 6.45) is 0. The van der Waals surface area contributed by atoms with Gasteiger partial charge in [0.25, 0.3) is 0 Å². The molecule has 4 nitrogen and oxygen atoms in total. The predicted molar refractivity (Wildman–Crippen MR) is 76.9 cm³/mol. The first-order valence-corrected chi connectivity index (χ1v) is 6.89. The first-order chi connectivity index (χ1) is 9.21. The Balaban J connectivity index is 2.43. The zero-order valence-corrected chi connectivity index (χ0v) is 12.1. The van der Waals surface area contributed by atoms with Crippen molar-refractivity contribution in [1.29, 1.82) is 0 Å². The Morgan fingerprint density at radius 3 is 2.21 bits per heavy atom. The molecule has 0 aliphatic rings. The Morgan fingerprint density at radius 1 is 1.11 bits per heavy atom. The van der Waals surface area contributed by atoms with Crippen LogP contribution in [0.15, 0.2) is 24.3 Å². The number of amides is 2. The summed E-state index contributed by atoms with van der Waals surface area (Å²) in [5.74, 6) is 0. The number of carbonyl (C=O) groups excluding carboxylic acids is 1. The Labute approximate surface area is 115 Å². The van der Waals surface area contributed by atoms with E-state index in [2.05, 4.69) is 5.32 Å². The summed E-state index contributed by atoms with van der Waals surface area (Å²) < 4.78 is 5.34. The van der Waals surface area contributed by atoms with Crippen molar-refractivity contribution in [1.82, 2.24) is 10.2 Å². The van der Waals surface area contributed by atoms with Crippen LogP contribution in [0.3, 0.4) is 0 Å². The minimum Gasteiger partial charge on any atom is -0.377 e. The van der Waals surface area contributed by atoms with Crippen LogP contribution in [0.5, 0.6) is 0 Å². The van der Waals surface area contributed by atoms with E-state index in [1.807, 2.05) is 45.0 Å². The van der Waals surface area contributed by atoms with E-state index >= 15 is 0 Å². The highest BCUT2D eigenvalue weighted by Crippen LogP contribution is 2.06. The minimum atomic E-state index is -0.0107. The quantitative estimate of drug-likeness (QED) is 0.822. The van der Waals surface area contributed by atoms with Gasteiger partial charge < -0.3 is 15.0 Å². The number of ether oxygens (including phenoxy) is 1. The molecule has 0 saturated carbocycles. The number of carbonyl (C=O) groups is 1. The van der Waals surface area contributed by atoms with Crippen molar-refractivity contribution >= 4 is 6.03 Å². The normalized spacial score (nSPS) is 10.3. The Bertz CT molecular complexity index is 372. The molecule has 0 aliphatic heterocycles. The molecule has 1 N–H and O–H groups in total. The fourth-order valence-electron chi connectivity index (χ4n) is 1.77. The van der Waals surface area contributed by atoms with Gasteiger partial charge in [-0.1, -0.05) is 24.3 Å². The molecule has 4 heteroatoms. The molecule has 0 fully saturated rings. The third-order valence-corrected chi connectivity index (χ3v) is 2.99. The highest BCUT2D eigenvalue weighted by molar-refractivity contribution is 5.74. The number of nitrogens with one attached hydrogen (secondary N) is 1. The molecule has 0 aliphatic carbocycles. The third kappa shape index (κ3) is 5.30. The Kier molecular flexibility index (Phi) is 6.97. The lowest BCUT2D eigenvalue weighted by atomic mass is 10.1. The predicted octanol–water partition coefficient (Wildman–Crippen LogP) is 2.77. The lowest BCUT2D eigenvalue weighted by Gasteiger charge is -2.19. The maximum Gasteiger partial charge on any atom is 0.317 e. The van der Waals surface area contributed by atoms with Crippen molar-refractivity contribution in [2.24, 2.45) is 0 Å². The summed E-state index contributed by atoms with van der Waals surface area (Å²) in [4.78, 5) is 13.5. The molecule has 2 amide bonds. The maximum atomic E-state index is 11.8. The summed E-state index contributed by atoms with van der Waals surface area (Å²) in [6, 6.07) is 8.11. The molecule has 1 aromatic rings. The molecule has 0 saturated heterocycles. The number of urea groups is 1. The van der Waals surface area contributed by atoms with Crippen molar-refractivity contribution in [2.45, 2.75) is 33.9 Å². The molecular weight excluding hydrogens is 240 g/mol. The fourth-order valence-corrected chi connectivity index (χ4v) is 1.77. The van der Waals surface area contributed by atoms with Crippen LogP contribution in [-0.4, -0.2) is 30.6 Å². The van der Waals surface area contributed by atoms with Crippen LogP contribution < -0.4 is 5.32 Å². The van der Waals surface area contributed by atoms with Crippen LogP contribution in [-0.2, 0) is 17.9 Å². The van der Waals surface area contributed by atoms with Gasteiger partial charge in [0.15, 0.2) is 0 Å². The van der Waals surface area contributed by atoms with Crippen LogP contribution in [0.1, 0.15) is 31.9 Å². The van der Waals surface area contributed by atoms with Crippen LogP contribution in [0.25, 0.3) is 0 Å². The van der Waals surface area contributed by atoms with E-state index in [9.17, 15) is 4.79 Å². The summed E-state index contributed by atoms with van der Waals surface area (Å²) in [5.41, 5.74) is 2.25. The highest BCUT2D eigenvalue weighted by atomic mass is 16.5. The first-order valence-electron chi connectivity index (χ1n) is 6.89. The highest BCUT2D eigenvalue weighted by Gasteiger charge is 2.07. The van der Waals surface area contributed by atoms with Gasteiger partial charge in [0, 0.05) is 26.2 Å². The SMILES string of the molecule is CCOCc1ccc(CNC(=O)N(CC)CC)cc1. The van der Waals surface area contributed by atoms with Gasteiger partial charge in [-0.15, -0.1) is 0 Å². The summed E-state index contributed by atoms with van der Waals surface area (Å²) in [7, 11) is 0. The third-order valence-electron chi connectivity index (χ3n) is 2.99. The second kappa shape index (κ2) is 8.53. The van der Waals surface area contributed by atoms with Gasteiger partial charge in [0.1, 0.15) is 0 Å². The van der Waals surface area contributed by atoms with Crippen molar-refractivity contribution in [2.75, 3.05) is 19.7 Å². The molecular formula is C15H24N2O2. The van der Waals surface area contributed by atoms with Gasteiger partial charge in [-0.2, -0.15) is 0 Å². The largest absolute Gasteiger partial charge is 0.377 e. The lowest BCUT2D eigenvalue weighted by Crippen LogP contribution is -2.39. The van der Waals surface area contributed by atoms with Crippen molar-refractivity contribution < 1.29 is 9.53 Å². The van der Waals surface area contributed by atoms with E-state index in [0.29, 0.717) is 13.2 Å². The van der Waals surface area contributed by atoms with Crippen molar-refractivity contribution in [3.63, 3.8) is 0 Å². The minimum absolute atomic E-state index is 0.0107. The van der Waals surface area contributed by atoms with Gasteiger partial charge in [0.2, 0.25) is 0 Å². The second-order valence-electron chi connectivity index (χ2n) is 4.28. The van der Waals surface area contributed by atoms with Crippen LogP contribution in [0.4, 0.5) is 4.79 Å². The standard InChI is InChI=1S/C15H24N2O2/c1-4-17(5-2)15(18)16-11-13-7-9-14(10-8-13)12-19-6-3/h7-10H,4-6,11-12H2,1-3H3,(H,16,18). The Hall–Kier alpha value is -1.55. The van der Waals surface area contributed by atoms with Crippen LogP contribution >= 0.6 is 0 Å². The molecule has 0 atom stereocenters. The summed E-state index contributed by atoms with van der Waals surface area (Å²) >= 11 is 0. The van der Waals surface area contributed by atoms with E-state index in [1.54, 1.807) is 4.90 Å². The fraction of sp³-hybridized carbons (Fsp3) is 0.533. The van der Waals surface area contributed by atoms with E-state index in [4.69, 9.17) is 4.74 Å². The van der Waals surface area contributed by atoms with Crippen LogP contribution in [0, 0.1) is 0 Å². The number of benzene rings is 1. The maximum absolute atomic E-state index is 11.8. The molecule has 0 radical (unpaired) electrons. The molecule has 1 aromatic carbocycles. The van der Waals surface area contributed by atoms with Gasteiger partial charge in [-0.3, -0.25) is 0 Å². The first kappa shape index (κ1) is 15.5. The molecule has 0 unspecified atom stereocenters. The molecule has 0 aromatic heterocycles. The molecule has 0 heterocycles. The monoisotopic (exact) mass is 264 g/mol. The number of rotatable bonds is 7. The van der Waals surface area contributed by atoms with E-state index < -0.39 is 0 Å². The second-order valence-corrected chi connectivity index (χ2v) is 4.28. The molecule has 0 bridgehead atoms. The number of hydrogen-bond donors (Lipinski definition) is 1. The topological polar surface area (TPSA) is 41.6 Å².